The first-order chi connectivity index (χ1) is 56.2. The maximum absolute atomic E-state index is 11.6. The molecule has 3 unspecified atom stereocenters. The van der Waals surface area contributed by atoms with E-state index >= 15 is 0 Å². The number of pyridine rings is 3. The summed E-state index contributed by atoms with van der Waals surface area (Å²) in [5.74, 6) is -5.15. The van der Waals surface area contributed by atoms with Gasteiger partial charge in [0.15, 0.2) is 139 Å². The Labute approximate surface area is 660 Å². The number of ether oxygens (including phenoxy) is 1. The molecule has 4 aliphatic heterocycles. The number of aromatic nitrogens is 3. The smallest absolute Gasteiger partial charge is 0.222 e. The number of hydroxylamine groups is 1. The van der Waals surface area contributed by atoms with Crippen LogP contribution in [0.25, 0.3) is 87.1 Å². The lowest BCUT2D eigenvalue weighted by Crippen LogP contribution is -3.11. The monoisotopic (exact) mass is 1600 g/mol. The molecule has 598 valence electrons. The molecule has 3 aromatic heterocycles. The minimum Gasteiger partial charge on any atom is -0.508 e. The molecule has 0 spiro atoms. The van der Waals surface area contributed by atoms with E-state index in [1.54, 1.807) is 42.7 Å². The Morgan fingerprint density at radius 1 is 0.483 bits per heavy atom. The molecular weight excluding hydrogens is 1530 g/mol. The molecule has 0 radical (unpaired) electrons. The Balaban J connectivity index is 0.000000106. The van der Waals surface area contributed by atoms with Gasteiger partial charge >= 0.3 is 0 Å². The highest BCUT2D eigenvalue weighted by atomic mass is 16.7. The summed E-state index contributed by atoms with van der Waals surface area (Å²) in [7, 11) is 2.11. The van der Waals surface area contributed by atoms with Gasteiger partial charge < -0.3 is 128 Å². The van der Waals surface area contributed by atoms with Crippen molar-refractivity contribution in [2.24, 2.45) is 0 Å². The molecule has 27 N–H and O–H groups in total. The van der Waals surface area contributed by atoms with E-state index < -0.39 is 23.7 Å². The average molecular weight is 1600 g/mol. The number of rotatable bonds is 0. The molecule has 4 atom stereocenters. The molecule has 33 heteroatoms. The Hall–Kier alpha value is -16.0. The van der Waals surface area contributed by atoms with Gasteiger partial charge in [-0.3, -0.25) is 19.5 Å². The van der Waals surface area contributed by atoms with Gasteiger partial charge in [-0.25, -0.2) is 15.3 Å². The number of quaternary nitrogens is 1. The van der Waals surface area contributed by atoms with Crippen molar-refractivity contribution in [1.29, 1.82) is 0 Å². The number of nitrogens with two attached hydrogens (primary N) is 1. The molecule has 0 saturated carbocycles. The highest BCUT2D eigenvalue weighted by Crippen LogP contribution is 2.59. The van der Waals surface area contributed by atoms with Gasteiger partial charge in [0, 0.05) is 155 Å². The number of aliphatic hydroxyl groups excluding tert-OH is 2. The molecule has 21 rings (SSSR count). The normalized spacial score (nSPS) is 16.3. The van der Waals surface area contributed by atoms with Crippen LogP contribution in [0.2, 0.25) is 0 Å². The summed E-state index contributed by atoms with van der Waals surface area (Å²) in [6.07, 6.45) is 6.40. The van der Waals surface area contributed by atoms with Gasteiger partial charge in [-0.2, -0.15) is 0 Å². The fourth-order valence-electron chi connectivity index (χ4n) is 15.4. The zero-order chi connectivity index (χ0) is 83.8. The van der Waals surface area contributed by atoms with Crippen molar-refractivity contribution in [2.45, 2.75) is 37.1 Å². The molecule has 15 aromatic rings. The van der Waals surface area contributed by atoms with Crippen LogP contribution in [-0.2, 0) is 17.7 Å². The van der Waals surface area contributed by atoms with Crippen molar-refractivity contribution >= 4 is 98.7 Å². The number of benzene rings is 12. The Morgan fingerprint density at radius 2 is 1.04 bits per heavy atom. The summed E-state index contributed by atoms with van der Waals surface area (Å²) in [6.45, 7) is 0.958. The molecule has 0 fully saturated rings. The zero-order valence-corrected chi connectivity index (χ0v) is 61.0. The highest BCUT2D eigenvalue weighted by molar-refractivity contribution is 6.19. The van der Waals surface area contributed by atoms with Gasteiger partial charge in [-0.05, 0) is 139 Å². The van der Waals surface area contributed by atoms with Crippen LogP contribution in [0.15, 0.2) is 186 Å². The minimum absolute atomic E-state index is 0.0908. The second-order valence-corrected chi connectivity index (χ2v) is 28.5. The van der Waals surface area contributed by atoms with Crippen LogP contribution in [0.4, 0.5) is 22.7 Å². The minimum atomic E-state index is -0.688. The van der Waals surface area contributed by atoms with Gasteiger partial charge in [-0.15, -0.1) is 5.06 Å². The first kappa shape index (κ1) is 76.0. The van der Waals surface area contributed by atoms with E-state index in [4.69, 9.17) is 15.3 Å². The topological polar surface area (TPSA) is 579 Å². The lowest BCUT2D eigenvalue weighted by molar-refractivity contribution is -1.05. The number of aromatic hydroxyl groups is 20. The number of fused-ring (bicyclic) bond motifs is 21. The summed E-state index contributed by atoms with van der Waals surface area (Å²) in [5, 5.41) is 229. The maximum atomic E-state index is 11.6. The van der Waals surface area contributed by atoms with Gasteiger partial charge in [-0.1, -0.05) is 6.07 Å². The number of phenolic OH excluding ortho intramolecular Hbond substituents is 20. The first-order valence-corrected chi connectivity index (χ1v) is 35.7. The molecule has 2 bridgehead atoms. The summed E-state index contributed by atoms with van der Waals surface area (Å²) >= 11 is 0. The number of aromatic amines is 1. The second kappa shape index (κ2) is 28.6. The largest absolute Gasteiger partial charge is 0.508 e. The number of aliphatic hydroxyl groups is 2. The maximum Gasteiger partial charge on any atom is 0.222 e. The number of nitrogen functional groups attached to an aromatic ring is 1. The molecule has 6 aliphatic rings. The van der Waals surface area contributed by atoms with Crippen molar-refractivity contribution in [1.82, 2.24) is 19.9 Å². The Kier molecular flexibility index (Phi) is 18.4. The van der Waals surface area contributed by atoms with Crippen LogP contribution >= 0.6 is 0 Å². The molecule has 0 amide bonds. The Bertz CT molecular complexity index is 6750. The average Bonchev–Trinajstić information content (AvgIpc) is 1.61. The standard InChI is InChI=1S/C17H17NO3.C16H10N2O4.C14H11NO4.C13H9NO5.C13H9NO4.C12H11NO6/c1-18-5-4-10-6-11(19)8-12-15(10)13(18)7-9-2-3-14(20)17(21)16(9)12;19-12-1-8-10(3-14(12)21)17-5-7-6-18-11-4-15(22)13(20)2-9(11)16(7)8;15-12-6-1-3-10(16)13(18)8(6)5-9-7(12)2-4-11(17)14(9)19;15-9-1-5-7(3-11(9)17)14-8-4-12(18)10(16)2-6(8)13(5)19-14;15-10-2-1-8-7(13(10)18)3-6-4-11(16)12(17)5-9(6)14-8;14-7-1-5-11(3-9(7)16)19-12-4-10(17)8(15)2-6(12)13(5)18/h2-3,6,8,13,19-21H,4-5,7H2,1H3;1-6,17,19-21H;1-5,16-19H,15H2;1-4,13,15-18H;1-5,15-18H;1-5,11,14-18H/p+1/t13-;;;;;/m1...../s1. The SMILES string of the molecule is CN1CCc2cc(O)cc3c2[C@H]1Cc1ccc(O)c(O)c1-3.Nc1c2ccc(O)c(O)c2cc2c(O)c(O)ccc12.O=c1cc2ncc3c[nH]c4cc(O)c(O)cc4c3c2cc1O.OC1=CC2Oc3cc(O)c(O)cc3[NH+](O)C2C=C1O.Oc1cc2c(cc1O)N1OC2c2cc(O)c(O)cc21.Oc1cc2cc3c(O)c(O)ccc3nc2cc1O. The van der Waals surface area contributed by atoms with E-state index in [-0.39, 0.29) is 149 Å². The number of H-pyrrole nitrogens is 1. The van der Waals surface area contributed by atoms with Crippen LogP contribution < -0.4 is 26.0 Å². The predicted octanol–water partition coefficient (Wildman–Crippen LogP) is 11.5. The molecule has 118 heavy (non-hydrogen) atoms. The van der Waals surface area contributed by atoms with Crippen LogP contribution in [0.5, 0.6) is 121 Å². The summed E-state index contributed by atoms with van der Waals surface area (Å²) in [5.41, 5.74) is 15.6. The van der Waals surface area contributed by atoms with E-state index in [9.17, 15) is 122 Å². The molecule has 12 aromatic carbocycles. The number of hydrogen-bond acceptors (Lipinski definition) is 31. The van der Waals surface area contributed by atoms with Gasteiger partial charge in [0.25, 0.3) is 0 Å². The number of phenols is 20. The van der Waals surface area contributed by atoms with E-state index in [0.717, 1.165) is 46.8 Å². The summed E-state index contributed by atoms with van der Waals surface area (Å²) in [6, 6.07) is 34.6. The molecular formula is C85H68N7O26+. The summed E-state index contributed by atoms with van der Waals surface area (Å²) in [4.78, 5) is 31.0. The fraction of sp³-hybridized carbons (Fsp3) is 0.0941. The van der Waals surface area contributed by atoms with Crippen molar-refractivity contribution in [3.8, 4) is 132 Å². The predicted molar refractivity (Wildman–Crippen MR) is 427 cm³/mol. The van der Waals surface area contributed by atoms with Gasteiger partial charge in [0.05, 0.1) is 34.0 Å². The lowest BCUT2D eigenvalue weighted by Gasteiger charge is -2.40. The van der Waals surface area contributed by atoms with Crippen LogP contribution in [0, 0.1) is 0 Å². The number of hydrogen-bond donors (Lipinski definition) is 26. The van der Waals surface area contributed by atoms with Crippen LogP contribution in [-0.4, -0.2) is 163 Å². The fourth-order valence-corrected chi connectivity index (χ4v) is 15.4. The molecule has 2 aliphatic carbocycles. The van der Waals surface area contributed by atoms with E-state index in [0.29, 0.717) is 98.9 Å². The van der Waals surface area contributed by atoms with Crippen molar-refractivity contribution in [3.05, 3.63) is 220 Å². The molecule has 0 saturated heterocycles. The molecule has 33 nitrogen and oxygen atoms in total. The lowest BCUT2D eigenvalue weighted by atomic mass is 9.77. The van der Waals surface area contributed by atoms with Crippen molar-refractivity contribution in [3.63, 3.8) is 0 Å². The first-order valence-electron chi connectivity index (χ1n) is 35.7. The highest BCUT2D eigenvalue weighted by Gasteiger charge is 2.45. The quantitative estimate of drug-likeness (QED) is 0.0220. The van der Waals surface area contributed by atoms with Crippen molar-refractivity contribution in [2.75, 3.05) is 24.4 Å². The van der Waals surface area contributed by atoms with E-state index in [2.05, 4.69) is 26.9 Å². The zero-order valence-electron chi connectivity index (χ0n) is 61.0. The van der Waals surface area contributed by atoms with E-state index in [1.165, 1.54) is 126 Å². The molecule has 7 heterocycles. The summed E-state index contributed by atoms with van der Waals surface area (Å²) < 4.78 is 5.52. The van der Waals surface area contributed by atoms with Crippen molar-refractivity contribution < 1.29 is 132 Å². The number of nitrogens with one attached hydrogen (secondary N) is 2. The van der Waals surface area contributed by atoms with E-state index in [1.807, 2.05) is 12.1 Å². The third-order valence-corrected chi connectivity index (χ3v) is 21.3. The third kappa shape index (κ3) is 13.0. The number of anilines is 3. The Morgan fingerprint density at radius 3 is 1.71 bits per heavy atom. The van der Waals surface area contributed by atoms with Gasteiger partial charge in [0.2, 0.25) is 11.1 Å². The third-order valence-electron chi connectivity index (χ3n) is 21.3. The van der Waals surface area contributed by atoms with Gasteiger partial charge in [0.1, 0.15) is 11.9 Å². The second-order valence-electron chi connectivity index (χ2n) is 28.5. The number of likely N-dealkylation sites (N-methyl/N-ethyl adjacent to an activating group) is 1. The van der Waals surface area contributed by atoms with Crippen LogP contribution in [0.1, 0.15) is 40.0 Å². The van der Waals surface area contributed by atoms with Crippen LogP contribution in [0.3, 0.4) is 0 Å². The number of nitrogens with zero attached hydrogens (tertiary/aromatic N) is 4.